The fraction of sp³-hybridized carbons (Fsp3) is 0.889. The van der Waals surface area contributed by atoms with Gasteiger partial charge in [0.05, 0.1) is 19.8 Å². The summed E-state index contributed by atoms with van der Waals surface area (Å²) in [5, 5.41) is 0. The Balaban J connectivity index is 1.98. The SMILES string of the molecule is COCC1(C(=O)N2CCC2)COC1. The van der Waals surface area contributed by atoms with Gasteiger partial charge in [0.25, 0.3) is 0 Å². The Kier molecular flexibility index (Phi) is 2.26. The average molecular weight is 185 g/mol. The highest BCUT2D eigenvalue weighted by molar-refractivity contribution is 5.84. The Hall–Kier alpha value is -0.610. The minimum Gasteiger partial charge on any atom is -0.383 e. The van der Waals surface area contributed by atoms with Crippen molar-refractivity contribution in [3.05, 3.63) is 0 Å². The molecule has 0 N–H and O–H groups in total. The van der Waals surface area contributed by atoms with Gasteiger partial charge in [-0.15, -0.1) is 0 Å². The number of carbonyl (C=O) groups excluding carboxylic acids is 1. The summed E-state index contributed by atoms with van der Waals surface area (Å²) in [6, 6.07) is 0. The number of ether oxygens (including phenoxy) is 2. The van der Waals surface area contributed by atoms with E-state index in [1.807, 2.05) is 4.90 Å². The van der Waals surface area contributed by atoms with Crippen molar-refractivity contribution in [2.75, 3.05) is 40.0 Å². The molecule has 2 rings (SSSR count). The van der Waals surface area contributed by atoms with E-state index in [1.165, 1.54) is 0 Å². The fourth-order valence-electron chi connectivity index (χ4n) is 1.75. The smallest absolute Gasteiger partial charge is 0.235 e. The van der Waals surface area contributed by atoms with E-state index in [0.29, 0.717) is 19.8 Å². The van der Waals surface area contributed by atoms with Crippen LogP contribution in [0.4, 0.5) is 0 Å². The number of rotatable bonds is 3. The van der Waals surface area contributed by atoms with Gasteiger partial charge in [-0.05, 0) is 6.42 Å². The lowest BCUT2D eigenvalue weighted by atomic mass is 9.84. The van der Waals surface area contributed by atoms with E-state index < -0.39 is 0 Å². The Bertz CT molecular complexity index is 209. The summed E-state index contributed by atoms with van der Waals surface area (Å²) in [5.74, 6) is 0.215. The molecule has 0 aliphatic carbocycles. The van der Waals surface area contributed by atoms with Gasteiger partial charge < -0.3 is 14.4 Å². The minimum absolute atomic E-state index is 0.215. The third-order valence-corrected chi connectivity index (χ3v) is 2.77. The molecule has 0 bridgehead atoms. The zero-order valence-corrected chi connectivity index (χ0v) is 7.91. The molecule has 0 atom stereocenters. The predicted octanol–water partition coefficient (Wildman–Crippen LogP) is -0.118. The lowest BCUT2D eigenvalue weighted by Gasteiger charge is -2.45. The first-order valence-electron chi connectivity index (χ1n) is 4.65. The van der Waals surface area contributed by atoms with Gasteiger partial charge in [0.15, 0.2) is 0 Å². The number of hydrogen-bond donors (Lipinski definition) is 0. The average Bonchev–Trinajstić information content (AvgIpc) is 1.92. The highest BCUT2D eigenvalue weighted by Gasteiger charge is 2.48. The largest absolute Gasteiger partial charge is 0.383 e. The summed E-state index contributed by atoms with van der Waals surface area (Å²) >= 11 is 0. The molecule has 4 nitrogen and oxygen atoms in total. The standard InChI is InChI=1S/C9H15NO3/c1-12-5-9(6-13-7-9)8(11)10-3-2-4-10/h2-7H2,1H3. The number of carbonyl (C=O) groups is 1. The molecule has 4 heteroatoms. The third-order valence-electron chi connectivity index (χ3n) is 2.77. The Morgan fingerprint density at radius 3 is 2.54 bits per heavy atom. The molecule has 0 aromatic carbocycles. The molecule has 0 aromatic heterocycles. The molecule has 2 aliphatic rings. The van der Waals surface area contributed by atoms with E-state index in [1.54, 1.807) is 7.11 Å². The molecular formula is C9H15NO3. The van der Waals surface area contributed by atoms with Crippen molar-refractivity contribution < 1.29 is 14.3 Å². The zero-order valence-electron chi connectivity index (χ0n) is 7.91. The Morgan fingerprint density at radius 2 is 2.23 bits per heavy atom. The molecule has 13 heavy (non-hydrogen) atoms. The van der Waals surface area contributed by atoms with E-state index >= 15 is 0 Å². The van der Waals surface area contributed by atoms with E-state index in [2.05, 4.69) is 0 Å². The van der Waals surface area contributed by atoms with Crippen LogP contribution in [0, 0.1) is 5.41 Å². The van der Waals surface area contributed by atoms with Crippen molar-refractivity contribution in [2.45, 2.75) is 6.42 Å². The molecular weight excluding hydrogens is 170 g/mol. The van der Waals surface area contributed by atoms with Gasteiger partial charge in [-0.2, -0.15) is 0 Å². The summed E-state index contributed by atoms with van der Waals surface area (Å²) in [6.45, 7) is 3.35. The zero-order chi connectivity index (χ0) is 9.31. The van der Waals surface area contributed by atoms with Crippen molar-refractivity contribution in [1.82, 2.24) is 4.90 Å². The number of nitrogens with zero attached hydrogens (tertiary/aromatic N) is 1. The highest BCUT2D eigenvalue weighted by Crippen LogP contribution is 2.31. The van der Waals surface area contributed by atoms with Gasteiger partial charge in [-0.3, -0.25) is 4.79 Å². The van der Waals surface area contributed by atoms with Crippen LogP contribution in [0.25, 0.3) is 0 Å². The van der Waals surface area contributed by atoms with Crippen LogP contribution >= 0.6 is 0 Å². The Labute approximate surface area is 77.8 Å². The maximum atomic E-state index is 11.9. The summed E-state index contributed by atoms with van der Waals surface area (Å²) in [7, 11) is 1.63. The van der Waals surface area contributed by atoms with Crippen LogP contribution in [0.5, 0.6) is 0 Å². The molecule has 2 heterocycles. The van der Waals surface area contributed by atoms with Crippen molar-refractivity contribution >= 4 is 5.91 Å². The van der Waals surface area contributed by atoms with Gasteiger partial charge in [-0.1, -0.05) is 0 Å². The summed E-state index contributed by atoms with van der Waals surface area (Å²) < 4.78 is 10.2. The molecule has 0 aromatic rings. The second-order valence-corrected chi connectivity index (χ2v) is 3.85. The predicted molar refractivity (Wildman–Crippen MR) is 46.3 cm³/mol. The van der Waals surface area contributed by atoms with Crippen molar-refractivity contribution in [3.8, 4) is 0 Å². The topological polar surface area (TPSA) is 38.8 Å². The first kappa shape index (κ1) is 8.97. The molecule has 0 spiro atoms. The second-order valence-electron chi connectivity index (χ2n) is 3.85. The maximum Gasteiger partial charge on any atom is 0.235 e. The van der Waals surface area contributed by atoms with Gasteiger partial charge >= 0.3 is 0 Å². The number of methoxy groups -OCH3 is 1. The quantitative estimate of drug-likeness (QED) is 0.615. The molecule has 2 fully saturated rings. The van der Waals surface area contributed by atoms with Crippen molar-refractivity contribution in [2.24, 2.45) is 5.41 Å². The van der Waals surface area contributed by atoms with Gasteiger partial charge in [0.1, 0.15) is 5.41 Å². The first-order valence-corrected chi connectivity index (χ1v) is 4.65. The number of amides is 1. The van der Waals surface area contributed by atoms with Crippen LogP contribution in [0.3, 0.4) is 0 Å². The Morgan fingerprint density at radius 1 is 1.54 bits per heavy atom. The van der Waals surface area contributed by atoms with Crippen LogP contribution in [0.2, 0.25) is 0 Å². The van der Waals surface area contributed by atoms with Crippen LogP contribution in [0.15, 0.2) is 0 Å². The molecule has 74 valence electrons. The number of hydrogen-bond acceptors (Lipinski definition) is 3. The lowest BCUT2D eigenvalue weighted by molar-refractivity contribution is -0.185. The summed E-state index contributed by atoms with van der Waals surface area (Å²) in [4.78, 5) is 13.8. The molecule has 0 saturated carbocycles. The van der Waals surface area contributed by atoms with E-state index in [4.69, 9.17) is 9.47 Å². The summed E-state index contributed by atoms with van der Waals surface area (Å²) in [5.41, 5.74) is -0.352. The van der Waals surface area contributed by atoms with Crippen LogP contribution in [-0.4, -0.2) is 50.8 Å². The highest BCUT2D eigenvalue weighted by atomic mass is 16.5. The van der Waals surface area contributed by atoms with Crippen molar-refractivity contribution in [3.63, 3.8) is 0 Å². The third kappa shape index (κ3) is 1.34. The molecule has 2 saturated heterocycles. The van der Waals surface area contributed by atoms with Crippen LogP contribution < -0.4 is 0 Å². The van der Waals surface area contributed by atoms with E-state index in [0.717, 1.165) is 19.5 Å². The monoisotopic (exact) mass is 185 g/mol. The molecule has 2 aliphatic heterocycles. The minimum atomic E-state index is -0.352. The van der Waals surface area contributed by atoms with Crippen molar-refractivity contribution in [1.29, 1.82) is 0 Å². The second kappa shape index (κ2) is 3.27. The van der Waals surface area contributed by atoms with Crippen LogP contribution in [0.1, 0.15) is 6.42 Å². The van der Waals surface area contributed by atoms with E-state index in [-0.39, 0.29) is 11.3 Å². The molecule has 0 radical (unpaired) electrons. The van der Waals surface area contributed by atoms with Gasteiger partial charge in [0.2, 0.25) is 5.91 Å². The molecule has 1 amide bonds. The summed E-state index contributed by atoms with van der Waals surface area (Å²) in [6.07, 6.45) is 1.13. The maximum absolute atomic E-state index is 11.9. The van der Waals surface area contributed by atoms with Crippen LogP contribution in [-0.2, 0) is 14.3 Å². The lowest BCUT2D eigenvalue weighted by Crippen LogP contribution is -2.60. The fourth-order valence-corrected chi connectivity index (χ4v) is 1.75. The number of likely N-dealkylation sites (tertiary alicyclic amines) is 1. The van der Waals surface area contributed by atoms with Gasteiger partial charge in [-0.25, -0.2) is 0 Å². The van der Waals surface area contributed by atoms with E-state index in [9.17, 15) is 4.79 Å². The normalized spacial score (nSPS) is 24.8. The van der Waals surface area contributed by atoms with Gasteiger partial charge in [0, 0.05) is 20.2 Å². The molecule has 0 unspecified atom stereocenters. The first-order chi connectivity index (χ1) is 6.28.